The quantitative estimate of drug-likeness (QED) is 0.619. The van der Waals surface area contributed by atoms with E-state index >= 15 is 0 Å². The van der Waals surface area contributed by atoms with Crippen molar-refractivity contribution in [1.82, 2.24) is 16.2 Å². The van der Waals surface area contributed by atoms with Gasteiger partial charge in [0.05, 0.1) is 18.2 Å². The molecule has 0 aromatic heterocycles. The zero-order chi connectivity index (χ0) is 21.9. The smallest absolute Gasteiger partial charge is 0.407 e. The topological polar surface area (TPSA) is 98.7 Å². The average Bonchev–Trinajstić information content (AvgIpc) is 3.25. The van der Waals surface area contributed by atoms with E-state index in [1.807, 2.05) is 0 Å². The Morgan fingerprint density at radius 2 is 1.97 bits per heavy atom. The van der Waals surface area contributed by atoms with Crippen LogP contribution < -0.4 is 21.1 Å². The van der Waals surface area contributed by atoms with Crippen LogP contribution in [0.3, 0.4) is 0 Å². The molecule has 1 saturated carbocycles. The van der Waals surface area contributed by atoms with Crippen LogP contribution in [0.25, 0.3) is 0 Å². The lowest BCUT2D eigenvalue weighted by atomic mass is 9.78. The first kappa shape index (κ1) is 21.5. The molecule has 4 bridgehead atoms. The van der Waals surface area contributed by atoms with Gasteiger partial charge in [-0.15, -0.1) is 0 Å². The summed E-state index contributed by atoms with van der Waals surface area (Å²) in [5.41, 5.74) is 10.5. The number of hydrazine groups is 1. The van der Waals surface area contributed by atoms with Gasteiger partial charge >= 0.3 is 6.09 Å². The molecule has 172 valence electrons. The van der Waals surface area contributed by atoms with Gasteiger partial charge in [0.2, 0.25) is 0 Å². The first-order chi connectivity index (χ1) is 15.7. The van der Waals surface area contributed by atoms with Crippen LogP contribution in [0.5, 0.6) is 0 Å². The molecule has 0 spiro atoms. The minimum Gasteiger partial charge on any atom is -0.445 e. The monoisotopic (exact) mass is 439 g/mol. The number of piperidine rings is 1. The zero-order valence-electron chi connectivity index (χ0n) is 18.5. The van der Waals surface area contributed by atoms with E-state index in [2.05, 4.69) is 45.3 Å². The summed E-state index contributed by atoms with van der Waals surface area (Å²) in [5.74, 6) is 0.614. The molecule has 3 aliphatic heterocycles. The van der Waals surface area contributed by atoms with Crippen LogP contribution >= 0.6 is 0 Å². The van der Waals surface area contributed by atoms with Gasteiger partial charge in [-0.25, -0.2) is 10.2 Å². The molecule has 4 atom stereocenters. The van der Waals surface area contributed by atoms with Crippen molar-refractivity contribution in [3.8, 4) is 6.07 Å². The fourth-order valence-corrected chi connectivity index (χ4v) is 5.62. The number of amides is 1. The number of ether oxygens (including phenoxy) is 2. The third-order valence-corrected chi connectivity index (χ3v) is 7.42. The van der Waals surface area contributed by atoms with Crippen molar-refractivity contribution in [2.75, 3.05) is 31.1 Å². The summed E-state index contributed by atoms with van der Waals surface area (Å²) >= 11 is 0. The van der Waals surface area contributed by atoms with Crippen molar-refractivity contribution < 1.29 is 14.3 Å². The highest BCUT2D eigenvalue weighted by Gasteiger charge is 2.41. The molecule has 8 nitrogen and oxygen atoms in total. The molecule has 8 heteroatoms. The number of nitriles is 1. The predicted molar refractivity (Wildman–Crippen MR) is 120 cm³/mol. The van der Waals surface area contributed by atoms with Crippen molar-refractivity contribution in [2.45, 2.75) is 63.3 Å². The second-order valence-electron chi connectivity index (χ2n) is 9.52. The lowest BCUT2D eigenvalue weighted by Gasteiger charge is -2.34. The van der Waals surface area contributed by atoms with Crippen LogP contribution in [-0.4, -0.2) is 44.5 Å². The number of carbonyl (C=O) groups is 1. The molecule has 5 rings (SSSR count). The summed E-state index contributed by atoms with van der Waals surface area (Å²) in [7, 11) is 0. The molecule has 1 amide bonds. The third kappa shape index (κ3) is 4.70. The van der Waals surface area contributed by atoms with Crippen molar-refractivity contribution in [2.24, 2.45) is 11.8 Å². The minimum absolute atomic E-state index is 0.149. The molecular weight excluding hydrogens is 406 g/mol. The van der Waals surface area contributed by atoms with E-state index in [0.717, 1.165) is 62.9 Å². The van der Waals surface area contributed by atoms with Gasteiger partial charge in [-0.1, -0.05) is 6.07 Å². The Balaban J connectivity index is 1.44. The Bertz CT molecular complexity index is 864. The van der Waals surface area contributed by atoms with Crippen molar-refractivity contribution in [3.63, 3.8) is 0 Å². The predicted octanol–water partition coefficient (Wildman–Crippen LogP) is 2.76. The van der Waals surface area contributed by atoms with Crippen LogP contribution in [0.2, 0.25) is 0 Å². The minimum atomic E-state index is -0.388. The third-order valence-electron chi connectivity index (χ3n) is 7.42. The number of cyclic esters (lactones) is 1. The van der Waals surface area contributed by atoms with Crippen molar-refractivity contribution in [1.29, 1.82) is 5.26 Å². The van der Waals surface area contributed by atoms with Gasteiger partial charge in [0.25, 0.3) is 0 Å². The second kappa shape index (κ2) is 9.65. The molecule has 3 heterocycles. The molecule has 0 radical (unpaired) electrons. The van der Waals surface area contributed by atoms with E-state index in [-0.39, 0.29) is 30.8 Å². The SMILES string of the molecule is N#CC1CCN(c2cc3cc(c2)C2NNC4CCC(CC42)OCCCNC(=O)OC3)CC1. The van der Waals surface area contributed by atoms with Gasteiger partial charge in [-0.2, -0.15) is 5.26 Å². The molecular formula is C24H33N5O3. The summed E-state index contributed by atoms with van der Waals surface area (Å²) < 4.78 is 11.7. The summed E-state index contributed by atoms with van der Waals surface area (Å²) in [4.78, 5) is 14.5. The number of fused-ring (bicyclic) bond motifs is 4. The van der Waals surface area contributed by atoms with E-state index in [4.69, 9.17) is 9.47 Å². The van der Waals surface area contributed by atoms with Gasteiger partial charge in [0, 0.05) is 43.9 Å². The Labute approximate surface area is 189 Å². The Morgan fingerprint density at radius 1 is 1.09 bits per heavy atom. The van der Waals surface area contributed by atoms with Crippen LogP contribution in [0.1, 0.15) is 55.7 Å². The zero-order valence-corrected chi connectivity index (χ0v) is 18.5. The Kier molecular flexibility index (Phi) is 6.49. The van der Waals surface area contributed by atoms with E-state index in [1.165, 1.54) is 5.56 Å². The lowest BCUT2D eigenvalue weighted by Crippen LogP contribution is -2.37. The number of benzene rings is 1. The maximum Gasteiger partial charge on any atom is 0.407 e. The first-order valence-corrected chi connectivity index (χ1v) is 12.0. The number of nitrogens with zero attached hydrogens (tertiary/aromatic N) is 2. The number of hydrogen-bond acceptors (Lipinski definition) is 7. The standard InChI is InChI=1S/C24H33N5O3/c25-14-16-4-7-29(8-5-16)19-11-17-10-18(12-19)23-21-13-20(2-3-22(21)27-28-23)31-9-1-6-26-24(30)32-15-17/h10-12,16,20-23,27-28H,1-9,13,15H2,(H,26,30). The van der Waals surface area contributed by atoms with Gasteiger partial charge < -0.3 is 19.7 Å². The number of carbonyl (C=O) groups excluding carboxylic acids is 1. The molecule has 4 unspecified atom stereocenters. The fraction of sp³-hybridized carbons (Fsp3) is 0.667. The van der Waals surface area contributed by atoms with E-state index < -0.39 is 0 Å². The van der Waals surface area contributed by atoms with E-state index in [0.29, 0.717) is 25.1 Å². The van der Waals surface area contributed by atoms with Gasteiger partial charge in [-0.05, 0) is 67.7 Å². The number of hydrogen-bond donors (Lipinski definition) is 3. The number of nitrogens with one attached hydrogen (secondary N) is 3. The Hall–Kier alpha value is -2.34. The molecule has 1 aliphatic carbocycles. The normalized spacial score (nSPS) is 31.6. The summed E-state index contributed by atoms with van der Waals surface area (Å²) in [6.45, 7) is 3.21. The van der Waals surface area contributed by atoms with E-state index in [9.17, 15) is 10.1 Å². The summed E-state index contributed by atoms with van der Waals surface area (Å²) in [5, 5.41) is 12.1. The highest BCUT2D eigenvalue weighted by molar-refractivity contribution is 5.67. The van der Waals surface area contributed by atoms with Crippen LogP contribution in [0, 0.1) is 23.2 Å². The molecule has 1 aromatic rings. The average molecular weight is 440 g/mol. The number of anilines is 1. The van der Waals surface area contributed by atoms with Crippen LogP contribution in [-0.2, 0) is 16.1 Å². The molecule has 32 heavy (non-hydrogen) atoms. The van der Waals surface area contributed by atoms with Crippen LogP contribution in [0.15, 0.2) is 18.2 Å². The van der Waals surface area contributed by atoms with E-state index in [1.54, 1.807) is 0 Å². The van der Waals surface area contributed by atoms with Gasteiger partial charge in [-0.3, -0.25) is 5.43 Å². The van der Waals surface area contributed by atoms with Crippen LogP contribution in [0.4, 0.5) is 10.5 Å². The number of rotatable bonds is 1. The molecule has 1 aromatic carbocycles. The maximum atomic E-state index is 12.1. The largest absolute Gasteiger partial charge is 0.445 e. The maximum absolute atomic E-state index is 12.1. The molecule has 3 fully saturated rings. The molecule has 3 N–H and O–H groups in total. The van der Waals surface area contributed by atoms with Crippen molar-refractivity contribution >= 4 is 11.8 Å². The van der Waals surface area contributed by atoms with Gasteiger partial charge in [0.15, 0.2) is 0 Å². The lowest BCUT2D eigenvalue weighted by molar-refractivity contribution is 0.00716. The van der Waals surface area contributed by atoms with Crippen molar-refractivity contribution in [3.05, 3.63) is 29.3 Å². The Morgan fingerprint density at radius 3 is 2.81 bits per heavy atom. The summed E-state index contributed by atoms with van der Waals surface area (Å²) in [6.07, 6.45) is 5.65. The molecule has 2 saturated heterocycles. The fourth-order valence-electron chi connectivity index (χ4n) is 5.62. The summed E-state index contributed by atoms with van der Waals surface area (Å²) in [6, 6.07) is 9.64. The highest BCUT2D eigenvalue weighted by Crippen LogP contribution is 2.40. The highest BCUT2D eigenvalue weighted by atomic mass is 16.5. The number of alkyl carbamates (subject to hydrolysis) is 1. The second-order valence-corrected chi connectivity index (χ2v) is 9.52. The first-order valence-electron chi connectivity index (χ1n) is 12.0. The van der Waals surface area contributed by atoms with Gasteiger partial charge in [0.1, 0.15) is 6.61 Å². The molecule has 4 aliphatic rings.